The Bertz CT molecular complexity index is 700. The Labute approximate surface area is 125 Å². The lowest BCUT2D eigenvalue weighted by molar-refractivity contribution is 0.737. The molecule has 0 atom stereocenters. The van der Waals surface area contributed by atoms with Crippen LogP contribution >= 0.6 is 0 Å². The molecule has 0 saturated carbocycles. The molecule has 4 nitrogen and oxygen atoms in total. The summed E-state index contributed by atoms with van der Waals surface area (Å²) in [5, 5.41) is 9.20. The molecule has 2 heterocycles. The van der Waals surface area contributed by atoms with Crippen LogP contribution in [0, 0.1) is 11.3 Å². The summed E-state index contributed by atoms with van der Waals surface area (Å²) < 4.78 is 0. The molecule has 2 aromatic rings. The highest BCUT2D eigenvalue weighted by atomic mass is 15.3. The minimum absolute atomic E-state index is 0.277. The molecule has 3 rings (SSSR count). The van der Waals surface area contributed by atoms with Crippen LogP contribution in [-0.2, 0) is 6.42 Å². The van der Waals surface area contributed by atoms with Crippen molar-refractivity contribution in [3.8, 4) is 6.07 Å². The van der Waals surface area contributed by atoms with Crippen LogP contribution in [0.5, 0.6) is 0 Å². The Kier molecular flexibility index (Phi) is 3.57. The van der Waals surface area contributed by atoms with Gasteiger partial charge in [-0.15, -0.1) is 0 Å². The summed E-state index contributed by atoms with van der Waals surface area (Å²) in [5.41, 5.74) is 3.83. The second kappa shape index (κ2) is 5.53. The van der Waals surface area contributed by atoms with Gasteiger partial charge in [0.05, 0.1) is 0 Å². The van der Waals surface area contributed by atoms with Gasteiger partial charge < -0.3 is 4.90 Å². The van der Waals surface area contributed by atoms with Crippen molar-refractivity contribution >= 4 is 11.6 Å². The van der Waals surface area contributed by atoms with Gasteiger partial charge in [-0.3, -0.25) is 0 Å². The minimum Gasteiger partial charge on any atom is -0.310 e. The largest absolute Gasteiger partial charge is 0.310 e. The van der Waals surface area contributed by atoms with Crippen molar-refractivity contribution in [1.29, 1.82) is 5.26 Å². The number of rotatable bonds is 2. The molecule has 0 N–H and O–H groups in total. The van der Waals surface area contributed by atoms with Crippen molar-refractivity contribution in [1.82, 2.24) is 9.97 Å². The Balaban J connectivity index is 2.09. The van der Waals surface area contributed by atoms with Gasteiger partial charge in [-0.1, -0.05) is 32.0 Å². The van der Waals surface area contributed by atoms with E-state index in [2.05, 4.69) is 53.0 Å². The number of fused-ring (bicyclic) bond motifs is 1. The lowest BCUT2D eigenvalue weighted by atomic mass is 10.0. The molecule has 1 aliphatic rings. The molecular formula is C17H18N4. The van der Waals surface area contributed by atoms with Crippen molar-refractivity contribution in [2.24, 2.45) is 0 Å². The first-order chi connectivity index (χ1) is 10.2. The van der Waals surface area contributed by atoms with Crippen LogP contribution in [0.25, 0.3) is 0 Å². The van der Waals surface area contributed by atoms with E-state index >= 15 is 0 Å². The number of benzene rings is 1. The molecule has 0 fully saturated rings. The van der Waals surface area contributed by atoms with Crippen molar-refractivity contribution < 1.29 is 0 Å². The average Bonchev–Trinajstić information content (AvgIpc) is 2.53. The molecule has 0 bridgehead atoms. The first-order valence-corrected chi connectivity index (χ1v) is 7.33. The number of hydrogen-bond acceptors (Lipinski definition) is 4. The quantitative estimate of drug-likeness (QED) is 0.843. The third-order valence-corrected chi connectivity index (χ3v) is 3.79. The van der Waals surface area contributed by atoms with Gasteiger partial charge in [0.25, 0.3) is 0 Å². The summed E-state index contributed by atoms with van der Waals surface area (Å²) >= 11 is 0. The van der Waals surface area contributed by atoms with Gasteiger partial charge >= 0.3 is 0 Å². The summed E-state index contributed by atoms with van der Waals surface area (Å²) in [5.74, 6) is 0.920. The molecular weight excluding hydrogens is 260 g/mol. The smallest absolute Gasteiger partial charge is 0.231 e. The van der Waals surface area contributed by atoms with Crippen LogP contribution in [0.15, 0.2) is 30.3 Å². The van der Waals surface area contributed by atoms with Gasteiger partial charge in [-0.05, 0) is 36.5 Å². The summed E-state index contributed by atoms with van der Waals surface area (Å²) in [6.45, 7) is 5.05. The zero-order valence-electron chi connectivity index (χ0n) is 12.4. The summed E-state index contributed by atoms with van der Waals surface area (Å²) in [4.78, 5) is 11.2. The first-order valence-electron chi connectivity index (χ1n) is 7.33. The highest BCUT2D eigenvalue weighted by molar-refractivity contribution is 5.63. The molecule has 0 saturated heterocycles. The first kappa shape index (κ1) is 13.6. The minimum atomic E-state index is 0.277. The molecule has 0 radical (unpaired) electrons. The lowest BCUT2D eigenvalue weighted by Crippen LogP contribution is -2.26. The maximum Gasteiger partial charge on any atom is 0.231 e. The number of anilines is 2. The highest BCUT2D eigenvalue weighted by Gasteiger charge is 2.21. The van der Waals surface area contributed by atoms with E-state index in [1.807, 2.05) is 6.07 Å². The van der Waals surface area contributed by atoms with Crippen LogP contribution in [0.4, 0.5) is 11.6 Å². The van der Waals surface area contributed by atoms with Crippen LogP contribution < -0.4 is 4.90 Å². The SMILES string of the molecule is CC(C)c1cc(C#N)nc(N2CCCc3ccccc32)n1. The van der Waals surface area contributed by atoms with E-state index in [1.54, 1.807) is 6.07 Å². The van der Waals surface area contributed by atoms with Gasteiger partial charge in [0.15, 0.2) is 0 Å². The fraction of sp³-hybridized carbons (Fsp3) is 0.353. The van der Waals surface area contributed by atoms with E-state index < -0.39 is 0 Å². The molecule has 1 aromatic heterocycles. The van der Waals surface area contributed by atoms with Crippen LogP contribution in [0.2, 0.25) is 0 Å². The van der Waals surface area contributed by atoms with E-state index in [0.717, 1.165) is 30.8 Å². The van der Waals surface area contributed by atoms with Gasteiger partial charge in [0, 0.05) is 17.9 Å². The fourth-order valence-corrected chi connectivity index (χ4v) is 2.67. The average molecular weight is 278 g/mol. The number of nitriles is 1. The van der Waals surface area contributed by atoms with Gasteiger partial charge in [0.2, 0.25) is 5.95 Å². The summed E-state index contributed by atoms with van der Waals surface area (Å²) in [6, 6.07) is 12.3. The number of nitrogens with zero attached hydrogens (tertiary/aromatic N) is 4. The second-order valence-corrected chi connectivity index (χ2v) is 5.63. The number of para-hydroxylation sites is 1. The summed E-state index contributed by atoms with van der Waals surface area (Å²) in [6.07, 6.45) is 2.16. The Hall–Kier alpha value is -2.41. The molecule has 1 aromatic carbocycles. The maximum atomic E-state index is 9.20. The standard InChI is InChI=1S/C17H18N4/c1-12(2)15-10-14(11-18)19-17(20-15)21-9-5-7-13-6-3-4-8-16(13)21/h3-4,6,8,10,12H,5,7,9H2,1-2H3. The van der Waals surface area contributed by atoms with Crippen molar-refractivity contribution in [3.05, 3.63) is 47.3 Å². The van der Waals surface area contributed by atoms with Crippen molar-refractivity contribution in [2.45, 2.75) is 32.6 Å². The van der Waals surface area contributed by atoms with Gasteiger partial charge in [-0.25, -0.2) is 9.97 Å². The number of aromatic nitrogens is 2. The fourth-order valence-electron chi connectivity index (χ4n) is 2.67. The lowest BCUT2D eigenvalue weighted by Gasteiger charge is -2.29. The molecule has 0 unspecified atom stereocenters. The Morgan fingerprint density at radius 2 is 2.05 bits per heavy atom. The highest BCUT2D eigenvalue weighted by Crippen LogP contribution is 2.32. The monoisotopic (exact) mass is 278 g/mol. The van der Waals surface area contributed by atoms with Crippen molar-refractivity contribution in [2.75, 3.05) is 11.4 Å². The van der Waals surface area contributed by atoms with Gasteiger partial charge in [-0.2, -0.15) is 5.26 Å². The van der Waals surface area contributed by atoms with Crippen LogP contribution in [0.3, 0.4) is 0 Å². The van der Waals surface area contributed by atoms with Crippen molar-refractivity contribution in [3.63, 3.8) is 0 Å². The maximum absolute atomic E-state index is 9.20. The molecule has 106 valence electrons. The van der Waals surface area contributed by atoms with Crippen LogP contribution in [-0.4, -0.2) is 16.5 Å². The Morgan fingerprint density at radius 3 is 2.81 bits per heavy atom. The molecule has 4 heteroatoms. The third kappa shape index (κ3) is 2.59. The molecule has 21 heavy (non-hydrogen) atoms. The third-order valence-electron chi connectivity index (χ3n) is 3.79. The second-order valence-electron chi connectivity index (χ2n) is 5.63. The van der Waals surface area contributed by atoms with Crippen LogP contribution in [0.1, 0.15) is 43.1 Å². The topological polar surface area (TPSA) is 52.8 Å². The van der Waals surface area contributed by atoms with E-state index in [0.29, 0.717) is 11.6 Å². The van der Waals surface area contributed by atoms with E-state index in [9.17, 15) is 5.26 Å². The molecule has 1 aliphatic heterocycles. The molecule has 0 amide bonds. The number of aryl methyl sites for hydroxylation is 1. The predicted molar refractivity (Wildman–Crippen MR) is 82.6 cm³/mol. The molecule has 0 aliphatic carbocycles. The zero-order chi connectivity index (χ0) is 14.8. The summed E-state index contributed by atoms with van der Waals surface area (Å²) in [7, 11) is 0. The van der Waals surface area contributed by atoms with E-state index in [1.165, 1.54) is 5.56 Å². The molecule has 0 spiro atoms. The van der Waals surface area contributed by atoms with Gasteiger partial charge in [0.1, 0.15) is 11.8 Å². The zero-order valence-corrected chi connectivity index (χ0v) is 12.4. The number of hydrogen-bond donors (Lipinski definition) is 0. The normalized spacial score (nSPS) is 13.9. The van der Waals surface area contributed by atoms with E-state index in [4.69, 9.17) is 0 Å². The van der Waals surface area contributed by atoms with E-state index in [-0.39, 0.29) is 5.92 Å². The Morgan fingerprint density at radius 1 is 1.24 bits per heavy atom. The predicted octanol–water partition coefficient (Wildman–Crippen LogP) is 3.56.